The van der Waals surface area contributed by atoms with E-state index >= 15 is 0 Å². The highest BCUT2D eigenvalue weighted by atomic mass is 35.5. The summed E-state index contributed by atoms with van der Waals surface area (Å²) < 4.78 is 12.9. The maximum absolute atomic E-state index is 12.9. The summed E-state index contributed by atoms with van der Waals surface area (Å²) in [5.74, 6) is -0.125. The average Bonchev–Trinajstić information content (AvgIpc) is 2.63. The molecule has 2 aromatic rings. The van der Waals surface area contributed by atoms with Crippen molar-refractivity contribution >= 4 is 28.9 Å². The SMILES string of the molecule is O=C(CCNc1ccc(F)cc1)N1CCN(c2cccc(Cl)c2)CC1. The highest BCUT2D eigenvalue weighted by Crippen LogP contribution is 2.21. The molecule has 1 aliphatic rings. The van der Waals surface area contributed by atoms with Gasteiger partial charge in [0.25, 0.3) is 0 Å². The van der Waals surface area contributed by atoms with E-state index in [1.165, 1.54) is 12.1 Å². The first kappa shape index (κ1) is 17.5. The second-order valence-corrected chi connectivity index (χ2v) is 6.47. The quantitative estimate of drug-likeness (QED) is 0.883. The van der Waals surface area contributed by atoms with E-state index < -0.39 is 0 Å². The number of halogens is 2. The van der Waals surface area contributed by atoms with Gasteiger partial charge in [0, 0.05) is 55.5 Å². The molecule has 6 heteroatoms. The molecular weight excluding hydrogens is 341 g/mol. The zero-order valence-corrected chi connectivity index (χ0v) is 14.7. The number of piperazine rings is 1. The first-order valence-corrected chi connectivity index (χ1v) is 8.77. The van der Waals surface area contributed by atoms with Gasteiger partial charge >= 0.3 is 0 Å². The van der Waals surface area contributed by atoms with Crippen molar-refractivity contribution in [1.29, 1.82) is 0 Å². The van der Waals surface area contributed by atoms with Crippen molar-refractivity contribution < 1.29 is 9.18 Å². The van der Waals surface area contributed by atoms with Crippen molar-refractivity contribution in [3.63, 3.8) is 0 Å². The topological polar surface area (TPSA) is 35.6 Å². The van der Waals surface area contributed by atoms with Crippen LogP contribution >= 0.6 is 11.6 Å². The lowest BCUT2D eigenvalue weighted by molar-refractivity contribution is -0.131. The molecule has 3 rings (SSSR count). The fourth-order valence-corrected chi connectivity index (χ4v) is 3.11. The van der Waals surface area contributed by atoms with Crippen LogP contribution in [0.2, 0.25) is 5.02 Å². The molecule has 0 saturated carbocycles. The first-order valence-electron chi connectivity index (χ1n) is 8.39. The number of hydrogen-bond donors (Lipinski definition) is 1. The van der Waals surface area contributed by atoms with Gasteiger partial charge in [0.2, 0.25) is 5.91 Å². The van der Waals surface area contributed by atoms with Crippen LogP contribution in [0.15, 0.2) is 48.5 Å². The van der Waals surface area contributed by atoms with E-state index in [4.69, 9.17) is 11.6 Å². The van der Waals surface area contributed by atoms with E-state index in [0.29, 0.717) is 26.1 Å². The molecule has 132 valence electrons. The van der Waals surface area contributed by atoms with Gasteiger partial charge in [-0.1, -0.05) is 17.7 Å². The third kappa shape index (κ3) is 4.86. The molecule has 4 nitrogen and oxygen atoms in total. The Bertz CT molecular complexity index is 715. The molecule has 2 aromatic carbocycles. The van der Waals surface area contributed by atoms with Gasteiger partial charge in [0.15, 0.2) is 0 Å². The molecule has 0 aromatic heterocycles. The Labute approximate surface area is 152 Å². The highest BCUT2D eigenvalue weighted by molar-refractivity contribution is 6.30. The number of hydrogen-bond acceptors (Lipinski definition) is 3. The number of nitrogens with zero attached hydrogens (tertiary/aromatic N) is 2. The average molecular weight is 362 g/mol. The number of carbonyl (C=O) groups is 1. The largest absolute Gasteiger partial charge is 0.385 e. The minimum absolute atomic E-state index is 0.139. The summed E-state index contributed by atoms with van der Waals surface area (Å²) in [6, 6.07) is 13.9. The Morgan fingerprint density at radius 2 is 1.80 bits per heavy atom. The van der Waals surface area contributed by atoms with Crippen molar-refractivity contribution in [2.75, 3.05) is 42.9 Å². The van der Waals surface area contributed by atoms with Gasteiger partial charge in [0.05, 0.1) is 0 Å². The standard InChI is InChI=1S/C19H21ClFN3O/c20-15-2-1-3-18(14-15)23-10-12-24(13-11-23)19(25)8-9-22-17-6-4-16(21)5-7-17/h1-7,14,22H,8-13H2. The number of carbonyl (C=O) groups excluding carboxylic acids is 1. The molecule has 1 aliphatic heterocycles. The molecule has 1 amide bonds. The van der Waals surface area contributed by atoms with Crippen molar-refractivity contribution in [3.8, 4) is 0 Å². The molecule has 0 bridgehead atoms. The Kier molecular flexibility index (Phi) is 5.76. The molecule has 25 heavy (non-hydrogen) atoms. The molecule has 0 aliphatic carbocycles. The van der Waals surface area contributed by atoms with Crippen LogP contribution in [0.3, 0.4) is 0 Å². The van der Waals surface area contributed by atoms with Gasteiger partial charge in [-0.25, -0.2) is 4.39 Å². The fourth-order valence-electron chi connectivity index (χ4n) is 2.93. The summed E-state index contributed by atoms with van der Waals surface area (Å²) in [7, 11) is 0. The molecule has 0 radical (unpaired) electrons. The van der Waals surface area contributed by atoms with Crippen LogP contribution in [0.5, 0.6) is 0 Å². The minimum atomic E-state index is -0.265. The summed E-state index contributed by atoms with van der Waals surface area (Å²) >= 11 is 6.04. The summed E-state index contributed by atoms with van der Waals surface area (Å²) in [4.78, 5) is 16.5. The molecule has 1 saturated heterocycles. The maximum atomic E-state index is 12.9. The van der Waals surface area contributed by atoms with Gasteiger partial charge in [-0.05, 0) is 42.5 Å². The van der Waals surface area contributed by atoms with Crippen LogP contribution < -0.4 is 10.2 Å². The van der Waals surface area contributed by atoms with Crippen LogP contribution in [0, 0.1) is 5.82 Å². The van der Waals surface area contributed by atoms with Crippen LogP contribution in [0.4, 0.5) is 15.8 Å². The molecular formula is C19H21ClFN3O. The van der Waals surface area contributed by atoms with Gasteiger partial charge in [0.1, 0.15) is 5.82 Å². The maximum Gasteiger partial charge on any atom is 0.224 e. The van der Waals surface area contributed by atoms with E-state index in [1.807, 2.05) is 29.2 Å². The Balaban J connectivity index is 1.43. The van der Waals surface area contributed by atoms with Crippen molar-refractivity contribution in [2.24, 2.45) is 0 Å². The number of amides is 1. The lowest BCUT2D eigenvalue weighted by atomic mass is 10.2. The zero-order valence-electron chi connectivity index (χ0n) is 13.9. The number of nitrogens with one attached hydrogen (secondary N) is 1. The lowest BCUT2D eigenvalue weighted by Crippen LogP contribution is -2.49. The summed E-state index contributed by atoms with van der Waals surface area (Å²) in [5, 5.41) is 3.87. The smallest absolute Gasteiger partial charge is 0.224 e. The van der Waals surface area contributed by atoms with Gasteiger partial charge in [-0.3, -0.25) is 4.79 Å². The van der Waals surface area contributed by atoms with Gasteiger partial charge in [-0.15, -0.1) is 0 Å². The molecule has 1 heterocycles. The molecule has 1 N–H and O–H groups in total. The van der Waals surface area contributed by atoms with Crippen LogP contribution in [0.1, 0.15) is 6.42 Å². The van der Waals surface area contributed by atoms with Crippen LogP contribution in [-0.4, -0.2) is 43.5 Å². The van der Waals surface area contributed by atoms with E-state index in [1.54, 1.807) is 12.1 Å². The Morgan fingerprint density at radius 3 is 2.48 bits per heavy atom. The third-order valence-electron chi connectivity index (χ3n) is 4.32. The predicted octanol–water partition coefficient (Wildman–Crippen LogP) is 3.63. The molecule has 0 unspecified atom stereocenters. The van der Waals surface area contributed by atoms with E-state index in [-0.39, 0.29) is 11.7 Å². The second-order valence-electron chi connectivity index (χ2n) is 6.03. The highest BCUT2D eigenvalue weighted by Gasteiger charge is 2.21. The van der Waals surface area contributed by atoms with Crippen molar-refractivity contribution in [2.45, 2.75) is 6.42 Å². The first-order chi connectivity index (χ1) is 12.1. The minimum Gasteiger partial charge on any atom is -0.385 e. The number of rotatable bonds is 5. The second kappa shape index (κ2) is 8.21. The molecule has 1 fully saturated rings. The number of benzene rings is 2. The van der Waals surface area contributed by atoms with E-state index in [2.05, 4.69) is 10.2 Å². The Hall–Kier alpha value is -2.27. The van der Waals surface area contributed by atoms with Crippen molar-refractivity contribution in [1.82, 2.24) is 4.90 Å². The van der Waals surface area contributed by atoms with Crippen molar-refractivity contribution in [3.05, 3.63) is 59.4 Å². The van der Waals surface area contributed by atoms with E-state index in [0.717, 1.165) is 29.5 Å². The fraction of sp³-hybridized carbons (Fsp3) is 0.316. The zero-order chi connectivity index (χ0) is 17.6. The van der Waals surface area contributed by atoms with Crippen LogP contribution in [0.25, 0.3) is 0 Å². The molecule has 0 atom stereocenters. The number of anilines is 2. The predicted molar refractivity (Wildman–Crippen MR) is 99.8 cm³/mol. The summed E-state index contributed by atoms with van der Waals surface area (Å²) in [5.41, 5.74) is 1.91. The summed E-state index contributed by atoms with van der Waals surface area (Å²) in [6.07, 6.45) is 0.425. The monoisotopic (exact) mass is 361 g/mol. The van der Waals surface area contributed by atoms with Gasteiger partial charge in [-0.2, -0.15) is 0 Å². The van der Waals surface area contributed by atoms with Crippen LogP contribution in [-0.2, 0) is 4.79 Å². The summed E-state index contributed by atoms with van der Waals surface area (Å²) in [6.45, 7) is 3.57. The lowest BCUT2D eigenvalue weighted by Gasteiger charge is -2.36. The Morgan fingerprint density at radius 1 is 1.08 bits per heavy atom. The molecule has 0 spiro atoms. The normalized spacial score (nSPS) is 14.5. The van der Waals surface area contributed by atoms with Gasteiger partial charge < -0.3 is 15.1 Å². The van der Waals surface area contributed by atoms with E-state index in [9.17, 15) is 9.18 Å². The third-order valence-corrected chi connectivity index (χ3v) is 4.55.